The van der Waals surface area contributed by atoms with Gasteiger partial charge in [-0.15, -0.1) is 11.3 Å². The predicted octanol–water partition coefficient (Wildman–Crippen LogP) is 1.22. The minimum atomic E-state index is -0.744. The third kappa shape index (κ3) is 6.82. The van der Waals surface area contributed by atoms with E-state index in [-0.39, 0.29) is 24.2 Å². The number of carbonyl (C=O) groups excluding carboxylic acids is 1. The van der Waals surface area contributed by atoms with E-state index in [4.69, 9.17) is 13.9 Å². The molecule has 0 aliphatic carbocycles. The molecule has 2 aromatic heterocycles. The van der Waals surface area contributed by atoms with Crippen molar-refractivity contribution in [2.75, 3.05) is 47.4 Å². The van der Waals surface area contributed by atoms with Crippen molar-refractivity contribution < 1.29 is 18.7 Å². The maximum atomic E-state index is 12.8. The number of benzene rings is 1. The first kappa shape index (κ1) is 27.0. The number of ether oxygens (including phenoxy) is 2. The van der Waals surface area contributed by atoms with E-state index < -0.39 is 12.1 Å². The molecule has 3 atom stereocenters. The highest BCUT2D eigenvalue weighted by molar-refractivity contribution is 7.15. The van der Waals surface area contributed by atoms with Gasteiger partial charge in [-0.3, -0.25) is 9.36 Å². The zero-order valence-corrected chi connectivity index (χ0v) is 22.0. The minimum absolute atomic E-state index is 0.0763. The van der Waals surface area contributed by atoms with E-state index in [9.17, 15) is 14.9 Å². The molecular weight excluding hydrogens is 496 g/mol. The summed E-state index contributed by atoms with van der Waals surface area (Å²) in [7, 11) is 5.52. The van der Waals surface area contributed by atoms with Gasteiger partial charge in [-0.25, -0.2) is 9.78 Å². The Bertz CT molecular complexity index is 1310. The number of nitrogens with one attached hydrogen (secondary N) is 2. The summed E-state index contributed by atoms with van der Waals surface area (Å²) in [6.45, 7) is 2.66. The third-order valence-electron chi connectivity index (χ3n) is 6.21. The SMILES string of the molecule is COC1CCNCC(C(=O)NC(C#N)Cc2ncc(-c3ccc4oc(=O)n(CCN(C)C)c4c3)s2)OC1. The van der Waals surface area contributed by atoms with Crippen molar-refractivity contribution in [3.8, 4) is 16.5 Å². The fourth-order valence-electron chi connectivity index (χ4n) is 4.05. The van der Waals surface area contributed by atoms with E-state index in [0.29, 0.717) is 31.8 Å². The van der Waals surface area contributed by atoms with Crippen molar-refractivity contribution in [3.05, 3.63) is 40.0 Å². The summed E-state index contributed by atoms with van der Waals surface area (Å²) in [6, 6.07) is 7.00. The predicted molar refractivity (Wildman–Crippen MR) is 139 cm³/mol. The molecule has 3 unspecified atom stereocenters. The lowest BCUT2D eigenvalue weighted by molar-refractivity contribution is -0.136. The van der Waals surface area contributed by atoms with Crippen LogP contribution in [0, 0.1) is 11.3 Å². The number of likely N-dealkylation sites (N-methyl/N-ethyl adjacent to an activating group) is 1. The highest BCUT2D eigenvalue weighted by Crippen LogP contribution is 2.29. The van der Waals surface area contributed by atoms with Crippen molar-refractivity contribution in [2.24, 2.45) is 0 Å². The summed E-state index contributed by atoms with van der Waals surface area (Å²) in [5.41, 5.74) is 2.16. The van der Waals surface area contributed by atoms with Crippen molar-refractivity contribution in [3.63, 3.8) is 0 Å². The van der Waals surface area contributed by atoms with E-state index in [1.165, 1.54) is 11.3 Å². The zero-order chi connectivity index (χ0) is 26.4. The summed E-state index contributed by atoms with van der Waals surface area (Å²) in [4.78, 5) is 32.5. The Morgan fingerprint density at radius 1 is 1.46 bits per heavy atom. The van der Waals surface area contributed by atoms with E-state index >= 15 is 0 Å². The molecule has 1 saturated heterocycles. The number of nitriles is 1. The molecule has 2 N–H and O–H groups in total. The van der Waals surface area contributed by atoms with Gasteiger partial charge >= 0.3 is 5.76 Å². The molecule has 4 rings (SSSR count). The molecule has 12 heteroatoms. The molecule has 3 aromatic rings. The molecule has 0 spiro atoms. The van der Waals surface area contributed by atoms with Crippen LogP contribution in [0.15, 0.2) is 33.6 Å². The van der Waals surface area contributed by atoms with Gasteiger partial charge in [-0.2, -0.15) is 5.26 Å². The topological polar surface area (TPSA) is 135 Å². The van der Waals surface area contributed by atoms with E-state index in [0.717, 1.165) is 33.9 Å². The van der Waals surface area contributed by atoms with Gasteiger partial charge < -0.3 is 29.4 Å². The first-order chi connectivity index (χ1) is 17.9. The van der Waals surface area contributed by atoms with Crippen molar-refractivity contribution in [2.45, 2.75) is 37.6 Å². The fourth-order valence-corrected chi connectivity index (χ4v) is 5.01. The van der Waals surface area contributed by atoms with Gasteiger partial charge in [0.05, 0.1) is 34.2 Å². The van der Waals surface area contributed by atoms with Gasteiger partial charge in [-0.05, 0) is 50.8 Å². The quantitative estimate of drug-likeness (QED) is 0.420. The number of amides is 1. The van der Waals surface area contributed by atoms with Crippen LogP contribution in [-0.2, 0) is 27.2 Å². The fraction of sp³-hybridized carbons (Fsp3) is 0.520. The third-order valence-corrected chi connectivity index (χ3v) is 7.28. The molecule has 0 radical (unpaired) electrons. The maximum absolute atomic E-state index is 12.8. The normalized spacial score (nSPS) is 19.3. The Hall–Kier alpha value is -3.08. The minimum Gasteiger partial charge on any atom is -0.408 e. The van der Waals surface area contributed by atoms with E-state index in [1.54, 1.807) is 23.9 Å². The number of oxazole rings is 1. The maximum Gasteiger partial charge on any atom is 0.419 e. The number of thiazole rings is 1. The lowest BCUT2D eigenvalue weighted by Crippen LogP contribution is -2.49. The number of rotatable bonds is 9. The average molecular weight is 529 g/mol. The first-order valence-corrected chi connectivity index (χ1v) is 13.0. The number of hydrogen-bond donors (Lipinski definition) is 2. The van der Waals surface area contributed by atoms with Crippen LogP contribution in [0.3, 0.4) is 0 Å². The highest BCUT2D eigenvalue weighted by Gasteiger charge is 2.26. The largest absolute Gasteiger partial charge is 0.419 e. The molecule has 1 aliphatic heterocycles. The summed E-state index contributed by atoms with van der Waals surface area (Å²) in [5, 5.41) is 16.4. The molecule has 198 valence electrons. The van der Waals surface area contributed by atoms with Crippen molar-refractivity contribution >= 4 is 28.3 Å². The highest BCUT2D eigenvalue weighted by atomic mass is 32.1. The number of methoxy groups -OCH3 is 1. The number of carbonyl (C=O) groups is 1. The zero-order valence-electron chi connectivity index (χ0n) is 21.2. The molecule has 1 amide bonds. The van der Waals surface area contributed by atoms with Crippen LogP contribution < -0.4 is 16.4 Å². The molecule has 11 nitrogen and oxygen atoms in total. The second kappa shape index (κ2) is 12.4. The summed E-state index contributed by atoms with van der Waals surface area (Å²) in [5.74, 6) is -0.721. The van der Waals surface area contributed by atoms with Gasteiger partial charge in [0.2, 0.25) is 0 Å². The van der Waals surface area contributed by atoms with Crippen molar-refractivity contribution in [1.82, 2.24) is 25.1 Å². The molecule has 3 heterocycles. The van der Waals surface area contributed by atoms with Crippen LogP contribution in [-0.4, -0.2) is 86.1 Å². The summed E-state index contributed by atoms with van der Waals surface area (Å²) < 4.78 is 18.1. The first-order valence-electron chi connectivity index (χ1n) is 12.2. The van der Waals surface area contributed by atoms with Crippen LogP contribution in [0.1, 0.15) is 11.4 Å². The number of aromatic nitrogens is 2. The van der Waals surface area contributed by atoms with Gasteiger partial charge in [0.15, 0.2) is 5.58 Å². The van der Waals surface area contributed by atoms with Crippen LogP contribution >= 0.6 is 11.3 Å². The monoisotopic (exact) mass is 528 g/mol. The second-order valence-corrected chi connectivity index (χ2v) is 10.3. The lowest BCUT2D eigenvalue weighted by Gasteiger charge is -2.25. The molecule has 1 fully saturated rings. The Labute approximate surface area is 219 Å². The lowest BCUT2D eigenvalue weighted by atomic mass is 10.2. The van der Waals surface area contributed by atoms with Gasteiger partial charge in [0.1, 0.15) is 12.1 Å². The summed E-state index contributed by atoms with van der Waals surface area (Å²) >= 11 is 1.44. The van der Waals surface area contributed by atoms with Gasteiger partial charge in [-0.1, -0.05) is 0 Å². The van der Waals surface area contributed by atoms with E-state index in [1.807, 2.05) is 31.1 Å². The van der Waals surface area contributed by atoms with Gasteiger partial charge in [0, 0.05) is 39.4 Å². The molecule has 1 aromatic carbocycles. The Kier molecular flexibility index (Phi) is 9.07. The van der Waals surface area contributed by atoms with Crippen LogP contribution in [0.25, 0.3) is 21.5 Å². The van der Waals surface area contributed by atoms with Crippen LogP contribution in [0.2, 0.25) is 0 Å². The molecule has 1 aliphatic rings. The van der Waals surface area contributed by atoms with Crippen molar-refractivity contribution in [1.29, 1.82) is 5.26 Å². The van der Waals surface area contributed by atoms with Crippen LogP contribution in [0.4, 0.5) is 0 Å². The second-order valence-electron chi connectivity index (χ2n) is 9.19. The Balaban J connectivity index is 1.43. The Morgan fingerprint density at radius 3 is 3.05 bits per heavy atom. The van der Waals surface area contributed by atoms with Crippen LogP contribution in [0.5, 0.6) is 0 Å². The van der Waals surface area contributed by atoms with E-state index in [2.05, 4.69) is 21.7 Å². The average Bonchev–Trinajstić information content (AvgIpc) is 3.45. The number of hydrogen-bond acceptors (Lipinski definition) is 10. The van der Waals surface area contributed by atoms with Gasteiger partial charge in [0.25, 0.3) is 5.91 Å². The molecule has 37 heavy (non-hydrogen) atoms. The Morgan fingerprint density at radius 2 is 2.30 bits per heavy atom. The smallest absolute Gasteiger partial charge is 0.408 e. The number of fused-ring (bicyclic) bond motifs is 1. The standard InChI is InChI=1S/C25H32N6O5S/c1-30(2)8-9-31-19-10-16(4-5-20(19)36-25(31)33)22-14-28-23(37-22)11-17(12-26)29-24(32)21-13-27-7-6-18(34-3)15-35-21/h4-5,10,14,17-18,21,27H,6-9,11,13,15H2,1-3H3,(H,29,32). The number of nitrogens with zero attached hydrogens (tertiary/aromatic N) is 4. The molecular formula is C25H32N6O5S. The summed E-state index contributed by atoms with van der Waals surface area (Å²) in [6.07, 6.45) is 2.04. The molecule has 0 saturated carbocycles. The molecule has 0 bridgehead atoms.